The minimum Gasteiger partial charge on any atom is -0.494 e. The van der Waals surface area contributed by atoms with Crippen molar-refractivity contribution in [3.05, 3.63) is 65.5 Å². The van der Waals surface area contributed by atoms with E-state index in [0.717, 1.165) is 27.2 Å². The molecule has 0 aliphatic carbocycles. The first-order valence-electron chi connectivity index (χ1n) is 10.4. The number of benzene rings is 2. The molecule has 0 N–H and O–H groups in total. The summed E-state index contributed by atoms with van der Waals surface area (Å²) in [6, 6.07) is 13.8. The highest BCUT2D eigenvalue weighted by Crippen LogP contribution is 2.37. The van der Waals surface area contributed by atoms with Crippen molar-refractivity contribution < 1.29 is 9.53 Å². The minimum absolute atomic E-state index is 0. The first-order valence-corrected chi connectivity index (χ1v) is 11.2. The summed E-state index contributed by atoms with van der Waals surface area (Å²) in [6.45, 7) is 5.19. The summed E-state index contributed by atoms with van der Waals surface area (Å²) >= 11 is 1.51. The molecule has 2 aromatic heterocycles. The van der Waals surface area contributed by atoms with E-state index >= 15 is 0 Å². The van der Waals surface area contributed by atoms with E-state index in [0.29, 0.717) is 29.5 Å². The summed E-state index contributed by atoms with van der Waals surface area (Å²) in [5, 5.41) is 5.14. The van der Waals surface area contributed by atoms with Crippen LogP contribution in [0.3, 0.4) is 0 Å². The third-order valence-electron chi connectivity index (χ3n) is 5.40. The number of fused-ring (bicyclic) bond motifs is 1. The Balaban J connectivity index is 0.00000306. The van der Waals surface area contributed by atoms with Crippen LogP contribution in [0.5, 0.6) is 5.75 Å². The lowest BCUT2D eigenvalue weighted by Gasteiger charge is -2.21. The number of aromatic nitrogens is 3. The van der Waals surface area contributed by atoms with Crippen LogP contribution < -0.4 is 9.64 Å². The maximum Gasteiger partial charge on any atom is 0.263 e. The number of nitrogens with zero attached hydrogens (tertiary/aromatic N) is 5. The van der Waals surface area contributed by atoms with E-state index in [1.165, 1.54) is 11.3 Å². The molecule has 4 rings (SSSR count). The van der Waals surface area contributed by atoms with E-state index in [4.69, 9.17) is 9.72 Å². The summed E-state index contributed by atoms with van der Waals surface area (Å²) in [6.07, 6.45) is 1.65. The molecule has 4 aromatic rings. The van der Waals surface area contributed by atoms with Gasteiger partial charge in [-0.25, -0.2) is 9.67 Å². The molecule has 1 amide bonds. The maximum atomic E-state index is 13.7. The average molecular weight is 486 g/mol. The molecule has 0 spiro atoms. The second-order valence-electron chi connectivity index (χ2n) is 7.91. The normalized spacial score (nSPS) is 11.0. The Bertz CT molecular complexity index is 1250. The molecule has 0 atom stereocenters. The van der Waals surface area contributed by atoms with Crippen LogP contribution in [0.15, 0.2) is 48.7 Å². The topological polar surface area (TPSA) is 63.5 Å². The number of para-hydroxylation sites is 1. The molecule has 174 valence electrons. The predicted molar refractivity (Wildman–Crippen MR) is 137 cm³/mol. The lowest BCUT2D eigenvalue weighted by Crippen LogP contribution is -2.37. The van der Waals surface area contributed by atoms with Crippen molar-refractivity contribution in [1.82, 2.24) is 19.7 Å². The predicted octanol–water partition coefficient (Wildman–Crippen LogP) is 4.74. The largest absolute Gasteiger partial charge is 0.494 e. The lowest BCUT2D eigenvalue weighted by molar-refractivity contribution is 0.0984. The van der Waals surface area contributed by atoms with Gasteiger partial charge in [-0.15, -0.1) is 12.4 Å². The average Bonchev–Trinajstić information content (AvgIpc) is 3.39. The van der Waals surface area contributed by atoms with Crippen LogP contribution in [0.1, 0.15) is 21.6 Å². The Labute approximate surface area is 204 Å². The number of thiazole rings is 1. The van der Waals surface area contributed by atoms with Crippen LogP contribution in [0.25, 0.3) is 15.9 Å². The van der Waals surface area contributed by atoms with Gasteiger partial charge in [-0.05, 0) is 51.7 Å². The third kappa shape index (κ3) is 4.88. The smallest absolute Gasteiger partial charge is 0.263 e. The molecule has 0 radical (unpaired) electrons. The quantitative estimate of drug-likeness (QED) is 0.378. The van der Waals surface area contributed by atoms with Gasteiger partial charge in [0, 0.05) is 13.1 Å². The van der Waals surface area contributed by atoms with E-state index < -0.39 is 0 Å². The molecule has 0 saturated heterocycles. The van der Waals surface area contributed by atoms with Gasteiger partial charge < -0.3 is 9.64 Å². The fourth-order valence-corrected chi connectivity index (χ4v) is 4.63. The third-order valence-corrected chi connectivity index (χ3v) is 6.61. The van der Waals surface area contributed by atoms with Crippen LogP contribution in [0.4, 0.5) is 5.13 Å². The Kier molecular flexibility index (Phi) is 7.73. The zero-order valence-electron chi connectivity index (χ0n) is 19.4. The van der Waals surface area contributed by atoms with Crippen LogP contribution >= 0.6 is 23.7 Å². The van der Waals surface area contributed by atoms with Crippen LogP contribution in [0, 0.1) is 13.8 Å². The van der Waals surface area contributed by atoms with Crippen molar-refractivity contribution in [3.63, 3.8) is 0 Å². The summed E-state index contributed by atoms with van der Waals surface area (Å²) < 4.78 is 8.33. The molecule has 0 bridgehead atoms. The molecule has 7 nitrogen and oxygen atoms in total. The van der Waals surface area contributed by atoms with E-state index in [-0.39, 0.29) is 18.3 Å². The molecule has 0 fully saturated rings. The minimum atomic E-state index is -0.109. The Morgan fingerprint density at radius 3 is 2.48 bits per heavy atom. The summed E-state index contributed by atoms with van der Waals surface area (Å²) in [5.41, 5.74) is 4.18. The number of hydrogen-bond acceptors (Lipinski definition) is 6. The summed E-state index contributed by atoms with van der Waals surface area (Å²) in [4.78, 5) is 22.4. The molecule has 0 unspecified atom stereocenters. The van der Waals surface area contributed by atoms with E-state index in [2.05, 4.69) is 10.00 Å². The lowest BCUT2D eigenvalue weighted by atomic mass is 10.2. The van der Waals surface area contributed by atoms with Crippen LogP contribution in [0.2, 0.25) is 0 Å². The standard InChI is InChI=1S/C24H27N5O2S.ClH/c1-16-11-12-20(31-5)21-22(16)32-24(26-21)28(14-13-27(3)4)23(30)19-15-25-29(17(19)2)18-9-7-6-8-10-18;/h6-12,15H,13-14H2,1-5H3;1H. The zero-order chi connectivity index (χ0) is 22.8. The number of anilines is 1. The Morgan fingerprint density at radius 2 is 1.82 bits per heavy atom. The van der Waals surface area contributed by atoms with Gasteiger partial charge >= 0.3 is 0 Å². The Hall–Kier alpha value is -2.94. The second kappa shape index (κ2) is 10.3. The van der Waals surface area contributed by atoms with Gasteiger partial charge in [-0.3, -0.25) is 9.69 Å². The molecule has 33 heavy (non-hydrogen) atoms. The zero-order valence-corrected chi connectivity index (χ0v) is 21.0. The fraction of sp³-hybridized carbons (Fsp3) is 0.292. The summed E-state index contributed by atoms with van der Waals surface area (Å²) in [5.74, 6) is 0.600. The molecule has 9 heteroatoms. The van der Waals surface area contributed by atoms with Gasteiger partial charge in [0.2, 0.25) is 0 Å². The van der Waals surface area contributed by atoms with Crippen molar-refractivity contribution in [1.29, 1.82) is 0 Å². The van der Waals surface area contributed by atoms with Crippen molar-refractivity contribution >= 4 is 45.0 Å². The van der Waals surface area contributed by atoms with E-state index in [9.17, 15) is 4.79 Å². The second-order valence-corrected chi connectivity index (χ2v) is 8.89. The number of hydrogen-bond donors (Lipinski definition) is 0. The van der Waals surface area contributed by atoms with E-state index in [1.54, 1.807) is 22.9 Å². The number of carbonyl (C=O) groups is 1. The highest BCUT2D eigenvalue weighted by molar-refractivity contribution is 7.22. The highest BCUT2D eigenvalue weighted by atomic mass is 35.5. The summed E-state index contributed by atoms with van der Waals surface area (Å²) in [7, 11) is 5.62. The van der Waals surface area contributed by atoms with Gasteiger partial charge in [0.1, 0.15) is 11.3 Å². The first-order chi connectivity index (χ1) is 15.4. The van der Waals surface area contributed by atoms with Crippen molar-refractivity contribution in [2.24, 2.45) is 0 Å². The number of ether oxygens (including phenoxy) is 1. The molecular formula is C24H28ClN5O2S. The van der Waals surface area contributed by atoms with Crippen molar-refractivity contribution in [2.75, 3.05) is 39.2 Å². The molecular weight excluding hydrogens is 458 g/mol. The number of halogens is 1. The van der Waals surface area contributed by atoms with Gasteiger partial charge in [-0.2, -0.15) is 5.10 Å². The molecule has 0 aliphatic heterocycles. The number of carbonyl (C=O) groups excluding carboxylic acids is 1. The van der Waals surface area contributed by atoms with Gasteiger partial charge in [0.25, 0.3) is 5.91 Å². The monoisotopic (exact) mass is 485 g/mol. The SMILES string of the molecule is COc1ccc(C)c2sc(N(CCN(C)C)C(=O)c3cnn(-c4ccccc4)c3C)nc12.Cl. The van der Waals surface area contributed by atoms with E-state index in [1.807, 2.05) is 70.4 Å². The van der Waals surface area contributed by atoms with Crippen molar-refractivity contribution in [3.8, 4) is 11.4 Å². The van der Waals surface area contributed by atoms with Crippen LogP contribution in [-0.4, -0.2) is 59.9 Å². The number of likely N-dealkylation sites (N-methyl/N-ethyl adjacent to an activating group) is 1. The molecule has 2 heterocycles. The molecule has 2 aromatic carbocycles. The van der Waals surface area contributed by atoms with Gasteiger partial charge in [-0.1, -0.05) is 35.6 Å². The first kappa shape index (κ1) is 24.7. The number of methoxy groups -OCH3 is 1. The number of aryl methyl sites for hydroxylation is 1. The van der Waals surface area contributed by atoms with Gasteiger partial charge in [0.05, 0.1) is 35.0 Å². The van der Waals surface area contributed by atoms with Crippen LogP contribution in [-0.2, 0) is 0 Å². The molecule has 0 aliphatic rings. The molecule has 0 saturated carbocycles. The van der Waals surface area contributed by atoms with Gasteiger partial charge in [0.15, 0.2) is 5.13 Å². The van der Waals surface area contributed by atoms with Crippen molar-refractivity contribution in [2.45, 2.75) is 13.8 Å². The maximum absolute atomic E-state index is 13.7. The number of rotatable bonds is 7. The number of amides is 1. The highest BCUT2D eigenvalue weighted by Gasteiger charge is 2.26. The fourth-order valence-electron chi connectivity index (χ4n) is 3.56. The Morgan fingerprint density at radius 1 is 1.09 bits per heavy atom.